The van der Waals surface area contributed by atoms with Gasteiger partial charge in [-0.05, 0) is 40.5 Å². The average Bonchev–Trinajstić information content (AvgIpc) is 0.905. The number of carboxylic acids is 1. The summed E-state index contributed by atoms with van der Waals surface area (Å²) in [6.45, 7) is 5.73. The number of rotatable bonds is 27. The standard InChI is InChI=1S/C52H81N4O33P/c1-17(2)8-7-9-18(3)12-13-78-15-26(47(74)75)88-90(76,77)89-52-44(37(69)36(68)42(85-52)45(53)72)87-49-29(55-21(6)59)32(64)41(25(82-49)16-79-50-38(70)33(65)30(62)24(14-57)81-50)84-48-28(54-20(5)58)31(63)40(19(4)80-48)83-51-39(71)34(66)35(67)43(86-51)46(73)56-27-22(60)10-11-23(27)61/h8,12,19,24-26,28-44,48-52,57,60,62-71H,7,9-11,13-16H2,1-6H3,(H2,53,72)(H,54,58)(H,55,59)(H,56,73)(H,74,75)(H,76,77)/b18-12-/t19-,24-,25-,26-,28-,29-,30-,31-,32-,33+,34+,35-,36+,37+,38-,39-,40-,41-,42+,43+,44-,48+,49+,50-,51-,52-/m1/s1. The fourth-order valence-electron chi connectivity index (χ4n) is 10.3. The van der Waals surface area contributed by atoms with E-state index in [1.54, 1.807) is 13.0 Å². The number of primary amides is 1. The molecule has 1 aliphatic carbocycles. The Morgan fingerprint density at radius 3 is 1.80 bits per heavy atom. The first kappa shape index (κ1) is 74.4. The number of phosphoric ester groups is 1. The second-order valence-electron chi connectivity index (χ2n) is 22.4. The Morgan fingerprint density at radius 1 is 0.667 bits per heavy atom. The maximum Gasteiger partial charge on any atom is 0.475 e. The van der Waals surface area contributed by atoms with Gasteiger partial charge in [0, 0.05) is 26.7 Å². The highest BCUT2D eigenvalue weighted by Crippen LogP contribution is 2.48. The minimum atomic E-state index is -5.84. The molecule has 0 spiro atoms. The predicted molar refractivity (Wildman–Crippen MR) is 290 cm³/mol. The zero-order chi connectivity index (χ0) is 67.0. The van der Waals surface area contributed by atoms with Gasteiger partial charge in [-0.3, -0.25) is 33.0 Å². The highest BCUT2D eigenvalue weighted by atomic mass is 31.2. The van der Waals surface area contributed by atoms with Gasteiger partial charge in [0.2, 0.25) is 17.7 Å². The zero-order valence-corrected chi connectivity index (χ0v) is 50.3. The van der Waals surface area contributed by atoms with Crippen molar-refractivity contribution in [3.63, 3.8) is 0 Å². The molecule has 0 aromatic heterocycles. The Morgan fingerprint density at radius 2 is 1.22 bits per heavy atom. The number of carbonyl (C=O) groups is 6. The number of carbonyl (C=O) groups excluding carboxylic acids is 5. The second-order valence-corrected chi connectivity index (χ2v) is 23.7. The van der Waals surface area contributed by atoms with Gasteiger partial charge in [-0.1, -0.05) is 23.3 Å². The number of nitrogens with one attached hydrogen (secondary N) is 3. The lowest BCUT2D eigenvalue weighted by Gasteiger charge is -2.50. The van der Waals surface area contributed by atoms with E-state index in [1.165, 1.54) is 6.92 Å². The zero-order valence-electron chi connectivity index (χ0n) is 49.4. The Balaban J connectivity index is 1.30. The molecule has 37 nitrogen and oxygen atoms in total. The molecular formula is C52H81N4O33P. The Hall–Kier alpha value is -4.69. The maximum absolute atomic E-state index is 13.7. The van der Waals surface area contributed by atoms with Crippen LogP contribution in [-0.2, 0) is 89.7 Å². The van der Waals surface area contributed by atoms with E-state index in [2.05, 4.69) is 16.0 Å². The molecule has 4 amide bonds. The molecule has 512 valence electrons. The summed E-state index contributed by atoms with van der Waals surface area (Å²) in [4.78, 5) is 87.3. The van der Waals surface area contributed by atoms with Gasteiger partial charge in [-0.25, -0.2) is 9.36 Å². The van der Waals surface area contributed by atoms with Crippen molar-refractivity contribution >= 4 is 43.2 Å². The van der Waals surface area contributed by atoms with Crippen molar-refractivity contribution in [2.75, 3.05) is 26.4 Å². The van der Waals surface area contributed by atoms with Crippen molar-refractivity contribution in [2.45, 2.75) is 227 Å². The minimum Gasteiger partial charge on any atom is -0.510 e. The van der Waals surface area contributed by atoms with E-state index in [4.69, 9.17) is 62.1 Å². The quantitative estimate of drug-likeness (QED) is 0.0206. The number of amides is 4. The van der Waals surface area contributed by atoms with E-state index >= 15 is 0 Å². The van der Waals surface area contributed by atoms with Crippen molar-refractivity contribution < 1.29 is 161 Å². The van der Waals surface area contributed by atoms with E-state index in [1.807, 2.05) is 19.9 Å². The van der Waals surface area contributed by atoms with Crippen LogP contribution in [0.5, 0.6) is 0 Å². The summed E-state index contributed by atoms with van der Waals surface area (Å²) >= 11 is 0. The van der Waals surface area contributed by atoms with Gasteiger partial charge in [-0.15, -0.1) is 0 Å². The maximum atomic E-state index is 13.7. The van der Waals surface area contributed by atoms with Crippen LogP contribution in [0.1, 0.15) is 67.2 Å². The van der Waals surface area contributed by atoms with Crippen LogP contribution >= 0.6 is 7.82 Å². The van der Waals surface area contributed by atoms with Crippen LogP contribution in [0, 0.1) is 0 Å². The molecule has 6 aliphatic rings. The van der Waals surface area contributed by atoms with E-state index in [0.29, 0.717) is 12.8 Å². The molecule has 27 atom stereocenters. The highest BCUT2D eigenvalue weighted by molar-refractivity contribution is 7.47. The van der Waals surface area contributed by atoms with E-state index in [-0.39, 0.29) is 19.4 Å². The monoisotopic (exact) mass is 1320 g/mol. The normalized spacial score (nSPS) is 39.4. The van der Waals surface area contributed by atoms with Crippen LogP contribution in [0.4, 0.5) is 0 Å². The molecule has 5 saturated heterocycles. The molecule has 38 heteroatoms. The molecule has 90 heavy (non-hydrogen) atoms. The number of carboxylic acid groups (broad SMARTS) is 1. The molecule has 0 radical (unpaired) electrons. The smallest absolute Gasteiger partial charge is 0.475 e. The SMILES string of the molecule is CC(=O)N[C@H]1[C@H](O[C@H]2[C@H](O)[C@@H](NC(C)=O)[C@H](O[C@H]3[C@@H](OP(=O)(O)O[C@H](COC/C=C(/C)CCC=C(C)C)C(=O)O)O[C@H](C(N)=O)[C@@H](O)[C@@H]3O)O[C@@H]2CO[C@@H]2O[C@H](CO)[C@@H](O)[C@H](O)[C@H]2O)O[C@H](C)[C@@H](O[C@@H]2O[C@H](C(=O)NC3=C(O)CCC3=O)[C@H](O)[C@H](O)[C@H]2O)[C@@H]1O. The summed E-state index contributed by atoms with van der Waals surface area (Å²) in [5, 5.41) is 148. The number of nitrogens with two attached hydrogens (primary N) is 1. The van der Waals surface area contributed by atoms with Gasteiger partial charge in [0.05, 0.1) is 32.5 Å². The largest absolute Gasteiger partial charge is 0.510 e. The lowest BCUT2D eigenvalue weighted by Crippen LogP contribution is -2.71. The van der Waals surface area contributed by atoms with Crippen molar-refractivity contribution in [1.82, 2.24) is 16.0 Å². The van der Waals surface area contributed by atoms with Crippen molar-refractivity contribution in [2.24, 2.45) is 5.73 Å². The molecule has 19 N–H and O–H groups in total. The number of aliphatic carboxylic acids is 1. The Labute approximate surface area is 512 Å². The van der Waals surface area contributed by atoms with Gasteiger partial charge < -0.3 is 140 Å². The molecular weight excluding hydrogens is 1240 g/mol. The van der Waals surface area contributed by atoms with Crippen LogP contribution < -0.4 is 21.7 Å². The van der Waals surface area contributed by atoms with Crippen LogP contribution in [0.2, 0.25) is 0 Å². The number of ketones is 1. The molecule has 0 saturated carbocycles. The number of hydrogen-bond donors (Lipinski definition) is 18. The minimum absolute atomic E-state index is 0.116. The summed E-state index contributed by atoms with van der Waals surface area (Å²) in [5.41, 5.74) is 6.85. The summed E-state index contributed by atoms with van der Waals surface area (Å²) in [5.74, 6) is -7.67. The fourth-order valence-corrected chi connectivity index (χ4v) is 11.2. The van der Waals surface area contributed by atoms with Crippen molar-refractivity contribution in [3.8, 4) is 0 Å². The third-order valence-electron chi connectivity index (χ3n) is 15.1. The van der Waals surface area contributed by atoms with Crippen LogP contribution in [0.15, 0.2) is 34.8 Å². The first-order chi connectivity index (χ1) is 42.2. The van der Waals surface area contributed by atoms with Crippen LogP contribution in [-0.4, -0.2) is 293 Å². The number of hydrogen-bond acceptors (Lipinski definition) is 31. The first-order valence-corrected chi connectivity index (χ1v) is 29.8. The molecule has 5 fully saturated rings. The Kier molecular flexibility index (Phi) is 26.8. The van der Waals surface area contributed by atoms with Gasteiger partial charge in [-0.2, -0.15) is 0 Å². The molecule has 5 heterocycles. The van der Waals surface area contributed by atoms with Crippen molar-refractivity contribution in [1.29, 1.82) is 0 Å². The number of aliphatic hydroxyl groups is 12. The van der Waals surface area contributed by atoms with Gasteiger partial charge in [0.1, 0.15) is 115 Å². The third kappa shape index (κ3) is 18.6. The number of ether oxygens (including phenoxy) is 10. The molecule has 0 aromatic rings. The molecule has 0 aromatic carbocycles. The second kappa shape index (κ2) is 32.4. The lowest BCUT2D eigenvalue weighted by molar-refractivity contribution is -0.371. The summed E-state index contributed by atoms with van der Waals surface area (Å²) < 4.78 is 81.8. The molecule has 1 unspecified atom stereocenters. The topological polar surface area (TPSA) is 576 Å². The number of allylic oxidation sites excluding steroid dienone is 5. The van der Waals surface area contributed by atoms with Gasteiger partial charge in [0.15, 0.2) is 55.5 Å². The van der Waals surface area contributed by atoms with Crippen LogP contribution in [0.25, 0.3) is 0 Å². The third-order valence-corrected chi connectivity index (χ3v) is 16.1. The molecule has 0 bridgehead atoms. The summed E-state index contributed by atoms with van der Waals surface area (Å²) in [6.07, 6.45) is -46.2. The number of Topliss-reactive ketones (excluding diaryl/α,β-unsaturated/α-hetero) is 1. The summed E-state index contributed by atoms with van der Waals surface area (Å²) in [6, 6.07) is -3.88. The van der Waals surface area contributed by atoms with Gasteiger partial charge >= 0.3 is 13.8 Å². The Bertz CT molecular complexity index is 2650. The number of aliphatic hydroxyl groups excluding tert-OH is 12. The lowest BCUT2D eigenvalue weighted by atomic mass is 9.93. The van der Waals surface area contributed by atoms with Gasteiger partial charge in [0.25, 0.3) is 5.91 Å². The highest BCUT2D eigenvalue weighted by Gasteiger charge is 2.58. The molecule has 6 rings (SSSR count). The van der Waals surface area contributed by atoms with E-state index < -0.39 is 234 Å². The fraction of sp³-hybridized carbons (Fsp3) is 0.769. The first-order valence-electron chi connectivity index (χ1n) is 28.3. The molecule has 5 aliphatic heterocycles. The van der Waals surface area contributed by atoms with Crippen molar-refractivity contribution in [3.05, 3.63) is 34.8 Å². The average molecular weight is 1320 g/mol. The van der Waals surface area contributed by atoms with Crippen LogP contribution in [0.3, 0.4) is 0 Å². The number of phosphoric acid groups is 1. The summed E-state index contributed by atoms with van der Waals surface area (Å²) in [7, 11) is -5.84. The predicted octanol–water partition coefficient (Wildman–Crippen LogP) is -7.56. The van der Waals surface area contributed by atoms with E-state index in [9.17, 15) is 105 Å². The van der Waals surface area contributed by atoms with E-state index in [0.717, 1.165) is 25.0 Å².